The molecule has 2 rings (SSSR count). The Labute approximate surface area is 174 Å². The molecular weight excluding hydrogens is 372 g/mol. The molecule has 1 aromatic rings. The van der Waals surface area contributed by atoms with Gasteiger partial charge in [0.05, 0.1) is 5.37 Å². The summed E-state index contributed by atoms with van der Waals surface area (Å²) in [5, 5.41) is 12.2. The summed E-state index contributed by atoms with van der Waals surface area (Å²) in [6.07, 6.45) is 10.4. The largest absolute Gasteiger partial charge is 0.480 e. The van der Waals surface area contributed by atoms with Gasteiger partial charge in [0.25, 0.3) is 0 Å². The molecule has 4 N–H and O–H groups in total. The predicted octanol–water partition coefficient (Wildman–Crippen LogP) is 4.37. The molecular formula is C22H36N2O3S. The van der Waals surface area contributed by atoms with Crippen LogP contribution in [0.3, 0.4) is 0 Å². The molecule has 0 aliphatic carbocycles. The first-order chi connectivity index (χ1) is 13.4. The standard InChI is InChI=1S/C11H13NO2S.C8H18.C3H5NO/c13-11(14)9-7-15-10(12-9)6-8-4-2-1-3-5-8;1-3-5-7-8-6-4-2;1-2-3(4)5/h1-5,9-10,12H,6-7H2,(H,13,14);3-8H2,1-2H3;2H,1H2,(H2,4,5)/t9-,10?;;/m0../s1. The number of carbonyl (C=O) groups is 2. The maximum absolute atomic E-state index is 10.7. The highest BCUT2D eigenvalue weighted by Crippen LogP contribution is 2.22. The van der Waals surface area contributed by atoms with Gasteiger partial charge in [0.2, 0.25) is 5.91 Å². The van der Waals surface area contributed by atoms with Gasteiger partial charge < -0.3 is 10.8 Å². The normalized spacial score (nSPS) is 17.5. The number of primary amides is 1. The van der Waals surface area contributed by atoms with E-state index in [1.54, 1.807) is 11.8 Å². The van der Waals surface area contributed by atoms with Gasteiger partial charge in [-0.2, -0.15) is 0 Å². The number of unbranched alkanes of at least 4 members (excludes halogenated alkanes) is 5. The van der Waals surface area contributed by atoms with E-state index >= 15 is 0 Å². The lowest BCUT2D eigenvalue weighted by Crippen LogP contribution is -2.37. The minimum atomic E-state index is -0.752. The Kier molecular flexibility index (Phi) is 16.2. The average Bonchev–Trinajstić information content (AvgIpc) is 3.16. The lowest BCUT2D eigenvalue weighted by molar-refractivity contribution is -0.138. The third-order valence-corrected chi connectivity index (χ3v) is 5.30. The molecule has 28 heavy (non-hydrogen) atoms. The van der Waals surface area contributed by atoms with Crippen LogP contribution in [0.5, 0.6) is 0 Å². The molecule has 2 atom stereocenters. The Bertz CT molecular complexity index is 546. The van der Waals surface area contributed by atoms with Crippen LogP contribution in [0.1, 0.15) is 57.9 Å². The van der Waals surface area contributed by atoms with Crippen LogP contribution in [-0.4, -0.2) is 34.2 Å². The van der Waals surface area contributed by atoms with Gasteiger partial charge in [-0.1, -0.05) is 89.3 Å². The number of nitrogens with one attached hydrogen (secondary N) is 1. The van der Waals surface area contributed by atoms with Crippen LogP contribution >= 0.6 is 11.8 Å². The predicted molar refractivity (Wildman–Crippen MR) is 119 cm³/mol. The molecule has 1 heterocycles. The quantitative estimate of drug-likeness (QED) is 0.417. The van der Waals surface area contributed by atoms with E-state index in [9.17, 15) is 9.59 Å². The number of hydrogen-bond acceptors (Lipinski definition) is 4. The number of carboxylic acids is 1. The number of benzene rings is 1. The van der Waals surface area contributed by atoms with Gasteiger partial charge in [0, 0.05) is 5.75 Å². The summed E-state index contributed by atoms with van der Waals surface area (Å²) in [7, 11) is 0. The van der Waals surface area contributed by atoms with Crippen molar-refractivity contribution < 1.29 is 14.7 Å². The number of rotatable bonds is 9. The zero-order valence-corrected chi connectivity index (χ0v) is 18.0. The van der Waals surface area contributed by atoms with Crippen LogP contribution < -0.4 is 11.1 Å². The van der Waals surface area contributed by atoms with Gasteiger partial charge in [0.1, 0.15) is 6.04 Å². The third-order valence-electron chi connectivity index (χ3n) is 4.07. The van der Waals surface area contributed by atoms with Crippen molar-refractivity contribution in [3.05, 3.63) is 48.6 Å². The van der Waals surface area contributed by atoms with Crippen molar-refractivity contribution in [2.24, 2.45) is 5.73 Å². The van der Waals surface area contributed by atoms with Crippen LogP contribution in [-0.2, 0) is 16.0 Å². The topological polar surface area (TPSA) is 92.4 Å². The highest BCUT2D eigenvalue weighted by Gasteiger charge is 2.29. The van der Waals surface area contributed by atoms with Crippen molar-refractivity contribution in [3.63, 3.8) is 0 Å². The summed E-state index contributed by atoms with van der Waals surface area (Å²) >= 11 is 1.68. The van der Waals surface area contributed by atoms with Gasteiger partial charge in [-0.25, -0.2) is 0 Å². The van der Waals surface area contributed by atoms with Crippen molar-refractivity contribution in [1.82, 2.24) is 5.32 Å². The van der Waals surface area contributed by atoms with Gasteiger partial charge in [-0.3, -0.25) is 14.9 Å². The Morgan fingerprint density at radius 3 is 2.11 bits per heavy atom. The van der Waals surface area contributed by atoms with E-state index in [0.717, 1.165) is 12.5 Å². The number of nitrogens with two attached hydrogens (primary N) is 1. The van der Waals surface area contributed by atoms with Crippen molar-refractivity contribution in [2.75, 3.05) is 5.75 Å². The summed E-state index contributed by atoms with van der Waals surface area (Å²) in [5.74, 6) is -0.574. The molecule has 1 aliphatic heterocycles. The minimum absolute atomic E-state index is 0.230. The molecule has 0 bridgehead atoms. The molecule has 0 radical (unpaired) electrons. The Hall–Kier alpha value is -1.79. The van der Waals surface area contributed by atoms with Crippen LogP contribution in [0.2, 0.25) is 0 Å². The average molecular weight is 409 g/mol. The summed E-state index contributed by atoms with van der Waals surface area (Å²) < 4.78 is 0. The second-order valence-electron chi connectivity index (χ2n) is 6.59. The summed E-state index contributed by atoms with van der Waals surface area (Å²) in [5.41, 5.74) is 5.78. The summed E-state index contributed by atoms with van der Waals surface area (Å²) in [4.78, 5) is 20.2. The zero-order chi connectivity index (χ0) is 21.2. The molecule has 158 valence electrons. The molecule has 0 spiro atoms. The van der Waals surface area contributed by atoms with Crippen LogP contribution in [0.4, 0.5) is 0 Å². The first kappa shape index (κ1) is 26.2. The maximum Gasteiger partial charge on any atom is 0.321 e. The molecule has 6 heteroatoms. The van der Waals surface area contributed by atoms with Crippen LogP contribution in [0, 0.1) is 0 Å². The lowest BCUT2D eigenvalue weighted by atomic mass is 10.1. The first-order valence-corrected chi connectivity index (χ1v) is 11.1. The minimum Gasteiger partial charge on any atom is -0.480 e. The lowest BCUT2D eigenvalue weighted by Gasteiger charge is -2.10. The van der Waals surface area contributed by atoms with Crippen molar-refractivity contribution >= 4 is 23.6 Å². The summed E-state index contributed by atoms with van der Waals surface area (Å²) in [6, 6.07) is 9.74. The molecule has 5 nitrogen and oxygen atoms in total. The van der Waals surface area contributed by atoms with Gasteiger partial charge >= 0.3 is 5.97 Å². The van der Waals surface area contributed by atoms with E-state index in [1.807, 2.05) is 18.2 Å². The van der Waals surface area contributed by atoms with Crippen molar-refractivity contribution in [2.45, 2.75) is 70.2 Å². The Morgan fingerprint density at radius 1 is 1.18 bits per heavy atom. The number of aliphatic carboxylic acids is 1. The van der Waals surface area contributed by atoms with E-state index in [2.05, 4.69) is 43.6 Å². The highest BCUT2D eigenvalue weighted by molar-refractivity contribution is 8.00. The molecule has 1 unspecified atom stereocenters. The second kappa shape index (κ2) is 17.3. The van der Waals surface area contributed by atoms with Crippen LogP contribution in [0.25, 0.3) is 0 Å². The first-order valence-electron chi connectivity index (χ1n) is 10.0. The second-order valence-corrected chi connectivity index (χ2v) is 7.83. The van der Waals surface area contributed by atoms with E-state index in [0.29, 0.717) is 5.75 Å². The van der Waals surface area contributed by atoms with Crippen molar-refractivity contribution in [3.8, 4) is 0 Å². The molecule has 1 saturated heterocycles. The number of thioether (sulfide) groups is 1. The third kappa shape index (κ3) is 14.3. The van der Waals surface area contributed by atoms with E-state index in [-0.39, 0.29) is 11.4 Å². The molecule has 0 saturated carbocycles. The molecule has 0 aromatic heterocycles. The fourth-order valence-electron chi connectivity index (χ4n) is 2.48. The Balaban J connectivity index is 0.000000474. The number of carboxylic acid groups (broad SMARTS) is 1. The monoisotopic (exact) mass is 408 g/mol. The van der Waals surface area contributed by atoms with E-state index < -0.39 is 11.9 Å². The number of hydrogen-bond donors (Lipinski definition) is 3. The zero-order valence-electron chi connectivity index (χ0n) is 17.2. The smallest absolute Gasteiger partial charge is 0.321 e. The van der Waals surface area contributed by atoms with Gasteiger partial charge in [0.15, 0.2) is 0 Å². The van der Waals surface area contributed by atoms with E-state index in [1.165, 1.54) is 44.1 Å². The molecule has 1 fully saturated rings. The number of amides is 1. The van der Waals surface area contributed by atoms with Crippen LogP contribution in [0.15, 0.2) is 43.0 Å². The Morgan fingerprint density at radius 2 is 1.71 bits per heavy atom. The fraction of sp³-hybridized carbons (Fsp3) is 0.545. The van der Waals surface area contributed by atoms with Crippen molar-refractivity contribution in [1.29, 1.82) is 0 Å². The van der Waals surface area contributed by atoms with Gasteiger partial charge in [-0.15, -0.1) is 11.8 Å². The maximum atomic E-state index is 10.7. The summed E-state index contributed by atoms with van der Waals surface area (Å²) in [6.45, 7) is 7.60. The fourth-order valence-corrected chi connectivity index (χ4v) is 3.71. The SMILES string of the molecule is C=CC(N)=O.CCCCCCCC.O=C(O)[C@@H]1CSC(Cc2ccccc2)N1. The number of carbonyl (C=O) groups excluding carboxylic acids is 1. The van der Waals surface area contributed by atoms with E-state index in [4.69, 9.17) is 5.11 Å². The molecule has 1 amide bonds. The molecule has 1 aliphatic rings. The highest BCUT2D eigenvalue weighted by atomic mass is 32.2. The van der Waals surface area contributed by atoms with Gasteiger partial charge in [-0.05, 0) is 18.1 Å². The molecule has 1 aromatic carbocycles.